The van der Waals surface area contributed by atoms with Crippen LogP contribution in [0.4, 0.5) is 0 Å². The summed E-state index contributed by atoms with van der Waals surface area (Å²) in [6.45, 7) is 4.83. The molecule has 2 atom stereocenters. The Morgan fingerprint density at radius 2 is 0.982 bits per heavy atom. The van der Waals surface area contributed by atoms with Crippen LogP contribution in [-0.4, -0.2) is 49.9 Å². The van der Waals surface area contributed by atoms with Gasteiger partial charge in [-0.3, -0.25) is 13.8 Å². The van der Waals surface area contributed by atoms with Crippen molar-refractivity contribution in [3.8, 4) is 0 Å². The average molecular weight is 824 g/mol. The molecule has 0 aliphatic heterocycles. The molecule has 0 aliphatic rings. The number of carbonyl (C=O) groups is 1. The van der Waals surface area contributed by atoms with E-state index in [0.717, 1.165) is 64.2 Å². The second kappa shape index (κ2) is 45.5. The van der Waals surface area contributed by atoms with Gasteiger partial charge < -0.3 is 20.1 Å². The molecule has 0 rings (SSSR count). The van der Waals surface area contributed by atoms with Crippen LogP contribution in [0.5, 0.6) is 0 Å². The van der Waals surface area contributed by atoms with Crippen LogP contribution in [0.2, 0.25) is 0 Å². The van der Waals surface area contributed by atoms with Crippen molar-refractivity contribution in [3.05, 3.63) is 48.6 Å². The summed E-state index contributed by atoms with van der Waals surface area (Å²) < 4.78 is 33.5. The van der Waals surface area contributed by atoms with Gasteiger partial charge in [0.25, 0.3) is 0 Å². The fourth-order valence-electron chi connectivity index (χ4n) is 6.58. The summed E-state index contributed by atoms with van der Waals surface area (Å²) in [7, 11) is -4.28. The number of carbonyl (C=O) groups excluding carboxylic acids is 1. The van der Waals surface area contributed by atoms with Gasteiger partial charge in [0, 0.05) is 19.6 Å². The zero-order valence-corrected chi connectivity index (χ0v) is 38.0. The van der Waals surface area contributed by atoms with E-state index < -0.39 is 13.9 Å². The third kappa shape index (κ3) is 45.4. The van der Waals surface area contributed by atoms with Crippen molar-refractivity contribution >= 4 is 13.8 Å². The Hall–Kier alpha value is -1.54. The van der Waals surface area contributed by atoms with Crippen molar-refractivity contribution < 1.29 is 32.8 Å². The van der Waals surface area contributed by atoms with Gasteiger partial charge in [0.1, 0.15) is 6.10 Å². The second-order valence-electron chi connectivity index (χ2n) is 15.6. The van der Waals surface area contributed by atoms with Gasteiger partial charge in [-0.15, -0.1) is 0 Å². The zero-order chi connectivity index (χ0) is 41.6. The number of phosphoric acid groups is 1. The van der Waals surface area contributed by atoms with E-state index >= 15 is 0 Å². The Labute approximate surface area is 351 Å². The van der Waals surface area contributed by atoms with Crippen molar-refractivity contribution in [1.29, 1.82) is 0 Å². The maximum Gasteiger partial charge on any atom is 0.472 e. The Balaban J connectivity index is 3.99. The summed E-state index contributed by atoms with van der Waals surface area (Å²) in [6, 6.07) is 0. The molecule has 0 aliphatic carbocycles. The Bertz CT molecular complexity index is 1010. The minimum Gasteiger partial charge on any atom is -0.457 e. The van der Waals surface area contributed by atoms with Gasteiger partial charge >= 0.3 is 13.8 Å². The smallest absolute Gasteiger partial charge is 0.457 e. The summed E-state index contributed by atoms with van der Waals surface area (Å²) in [5, 5.41) is 0. The highest BCUT2D eigenvalue weighted by atomic mass is 31.2. The predicted octanol–water partition coefficient (Wildman–Crippen LogP) is 14.4. The molecule has 0 saturated heterocycles. The maximum absolute atomic E-state index is 12.6. The van der Waals surface area contributed by atoms with Crippen LogP contribution in [0.15, 0.2) is 48.6 Å². The number of hydrogen-bond donors (Lipinski definition) is 2. The number of phosphoric ester groups is 1. The largest absolute Gasteiger partial charge is 0.472 e. The molecule has 9 heteroatoms. The molecule has 2 unspecified atom stereocenters. The Kier molecular flexibility index (Phi) is 44.3. The van der Waals surface area contributed by atoms with Crippen molar-refractivity contribution in [3.63, 3.8) is 0 Å². The highest BCUT2D eigenvalue weighted by molar-refractivity contribution is 7.47. The van der Waals surface area contributed by atoms with Gasteiger partial charge in [-0.2, -0.15) is 0 Å². The molecular weight excluding hydrogens is 734 g/mol. The lowest BCUT2D eigenvalue weighted by atomic mass is 10.0. The zero-order valence-electron chi connectivity index (χ0n) is 37.1. The Morgan fingerprint density at radius 3 is 1.47 bits per heavy atom. The quantitative estimate of drug-likeness (QED) is 0.0270. The first kappa shape index (κ1) is 55.5. The molecule has 0 radical (unpaired) electrons. The first-order chi connectivity index (χ1) is 27.9. The number of nitrogens with two attached hydrogens (primary N) is 1. The van der Waals surface area contributed by atoms with E-state index in [1.54, 1.807) is 0 Å². The minimum absolute atomic E-state index is 0.0972. The number of allylic oxidation sites excluding steroid dienone is 8. The van der Waals surface area contributed by atoms with Gasteiger partial charge in [-0.25, -0.2) is 4.57 Å². The van der Waals surface area contributed by atoms with Gasteiger partial charge in [-0.1, -0.05) is 204 Å². The minimum atomic E-state index is -4.28. The predicted molar refractivity (Wildman–Crippen MR) is 243 cm³/mol. The highest BCUT2D eigenvalue weighted by Crippen LogP contribution is 2.43. The van der Waals surface area contributed by atoms with Gasteiger partial charge in [0.15, 0.2) is 0 Å². The molecule has 0 fully saturated rings. The standard InChI is InChI=1S/C48H90NO7P/c1-3-5-7-9-11-13-15-17-19-21-22-23-24-25-27-29-31-33-35-37-39-41-48(50)56-47(46-55-57(51,52)54-44-42-49)45-53-43-40-38-36-34-32-30-28-26-20-18-16-14-12-10-8-6-4-2/h5,7,11,13,17,19,22-23,47H,3-4,6,8-10,12,14-16,18,20-21,24-46,49H2,1-2H3,(H,51,52)/b7-5-,13-11-,19-17-,23-22-. The molecule has 0 heterocycles. The lowest BCUT2D eigenvalue weighted by Gasteiger charge is -2.20. The van der Waals surface area contributed by atoms with Crippen LogP contribution in [-0.2, 0) is 27.9 Å². The topological polar surface area (TPSA) is 117 Å². The molecule has 0 aromatic rings. The fraction of sp³-hybridized carbons (Fsp3) is 0.812. The van der Waals surface area contributed by atoms with Crippen molar-refractivity contribution in [2.24, 2.45) is 5.73 Å². The van der Waals surface area contributed by atoms with E-state index in [2.05, 4.69) is 62.5 Å². The molecule has 0 amide bonds. The molecule has 8 nitrogen and oxygen atoms in total. The molecule has 334 valence electrons. The van der Waals surface area contributed by atoms with E-state index in [1.165, 1.54) is 128 Å². The number of hydrogen-bond acceptors (Lipinski definition) is 7. The van der Waals surface area contributed by atoms with Crippen LogP contribution < -0.4 is 5.73 Å². The first-order valence-corrected chi connectivity index (χ1v) is 25.1. The van der Waals surface area contributed by atoms with E-state index in [1.807, 2.05) is 0 Å². The number of ether oxygens (including phenoxy) is 2. The highest BCUT2D eigenvalue weighted by Gasteiger charge is 2.25. The van der Waals surface area contributed by atoms with E-state index in [0.29, 0.717) is 13.0 Å². The average Bonchev–Trinajstić information content (AvgIpc) is 3.20. The van der Waals surface area contributed by atoms with Crippen LogP contribution in [0.3, 0.4) is 0 Å². The summed E-state index contributed by atoms with van der Waals surface area (Å²) in [4.78, 5) is 22.5. The van der Waals surface area contributed by atoms with Gasteiger partial charge in [0.2, 0.25) is 0 Å². The molecule has 3 N–H and O–H groups in total. The second-order valence-corrected chi connectivity index (χ2v) is 17.1. The summed E-state index contributed by atoms with van der Waals surface area (Å²) in [5.41, 5.74) is 5.38. The first-order valence-electron chi connectivity index (χ1n) is 23.6. The lowest BCUT2D eigenvalue weighted by Crippen LogP contribution is -2.28. The van der Waals surface area contributed by atoms with Gasteiger partial charge in [0.05, 0.1) is 19.8 Å². The summed E-state index contributed by atoms with van der Waals surface area (Å²) in [5.74, 6) is -0.337. The molecule has 0 aromatic heterocycles. The molecule has 57 heavy (non-hydrogen) atoms. The number of unbranched alkanes of at least 4 members (excludes halogenated alkanes) is 24. The van der Waals surface area contributed by atoms with Crippen molar-refractivity contribution in [2.75, 3.05) is 33.0 Å². The van der Waals surface area contributed by atoms with Crippen LogP contribution in [0.1, 0.15) is 213 Å². The van der Waals surface area contributed by atoms with Crippen LogP contribution >= 0.6 is 7.82 Å². The monoisotopic (exact) mass is 824 g/mol. The molecular formula is C48H90NO7P. The SMILES string of the molecule is CC/C=C\C/C=C\C/C=C\C/C=C\CCCCCCCCCCC(=O)OC(COCCCCCCCCCCCCCCCCCCC)COP(=O)(O)OCCN. The maximum atomic E-state index is 12.6. The third-order valence-electron chi connectivity index (χ3n) is 10.0. The summed E-state index contributed by atoms with van der Waals surface area (Å²) >= 11 is 0. The van der Waals surface area contributed by atoms with Crippen LogP contribution in [0, 0.1) is 0 Å². The molecule has 0 bridgehead atoms. The van der Waals surface area contributed by atoms with Crippen molar-refractivity contribution in [1.82, 2.24) is 0 Å². The van der Waals surface area contributed by atoms with E-state index in [4.69, 9.17) is 24.3 Å². The van der Waals surface area contributed by atoms with Crippen LogP contribution in [0.25, 0.3) is 0 Å². The van der Waals surface area contributed by atoms with E-state index in [9.17, 15) is 14.3 Å². The van der Waals surface area contributed by atoms with Crippen molar-refractivity contribution in [2.45, 2.75) is 219 Å². The summed E-state index contributed by atoms with van der Waals surface area (Å²) in [6.07, 6.45) is 54.2. The molecule has 0 spiro atoms. The third-order valence-corrected chi connectivity index (χ3v) is 11.0. The number of esters is 1. The van der Waals surface area contributed by atoms with E-state index in [-0.39, 0.29) is 32.3 Å². The fourth-order valence-corrected chi connectivity index (χ4v) is 7.34. The number of rotatable bonds is 45. The molecule has 0 saturated carbocycles. The Morgan fingerprint density at radius 1 is 0.544 bits per heavy atom. The molecule has 0 aromatic carbocycles. The normalized spacial score (nSPS) is 13.8. The lowest BCUT2D eigenvalue weighted by molar-refractivity contribution is -0.154. The van der Waals surface area contributed by atoms with Gasteiger partial charge in [-0.05, 0) is 51.4 Å².